The topological polar surface area (TPSA) is 111 Å². The van der Waals surface area contributed by atoms with Crippen molar-refractivity contribution in [3.8, 4) is 0 Å². The number of nitrogens with one attached hydrogen (secondary N) is 1. The summed E-state index contributed by atoms with van der Waals surface area (Å²) in [5.74, 6) is -0.174. The highest BCUT2D eigenvalue weighted by molar-refractivity contribution is 6.08. The van der Waals surface area contributed by atoms with Gasteiger partial charge in [0.1, 0.15) is 12.6 Å². The Morgan fingerprint density at radius 2 is 2.00 bits per heavy atom. The fourth-order valence-electron chi connectivity index (χ4n) is 4.33. The van der Waals surface area contributed by atoms with Gasteiger partial charge in [0, 0.05) is 18.2 Å². The van der Waals surface area contributed by atoms with Crippen LogP contribution in [0.4, 0.5) is 0 Å². The van der Waals surface area contributed by atoms with E-state index in [1.165, 1.54) is 6.20 Å². The fourth-order valence-corrected chi connectivity index (χ4v) is 4.33. The van der Waals surface area contributed by atoms with Crippen LogP contribution in [-0.2, 0) is 17.6 Å². The molecule has 7 heteroatoms. The summed E-state index contributed by atoms with van der Waals surface area (Å²) < 4.78 is 0. The van der Waals surface area contributed by atoms with Crippen LogP contribution in [0.5, 0.6) is 0 Å². The first-order chi connectivity index (χ1) is 16.8. The molecular weight excluding hydrogens is 440 g/mol. The lowest BCUT2D eigenvalue weighted by molar-refractivity contribution is -0.142. The predicted molar refractivity (Wildman–Crippen MR) is 141 cm³/mol. The molecule has 2 atom stereocenters. The van der Waals surface area contributed by atoms with Crippen LogP contribution in [0.15, 0.2) is 64.7 Å². The highest BCUT2D eigenvalue weighted by Crippen LogP contribution is 2.28. The van der Waals surface area contributed by atoms with Crippen molar-refractivity contribution in [2.24, 2.45) is 27.7 Å². The lowest BCUT2D eigenvalue weighted by Gasteiger charge is -2.24. The molecule has 1 heterocycles. The van der Waals surface area contributed by atoms with Gasteiger partial charge in [-0.15, -0.1) is 0 Å². The van der Waals surface area contributed by atoms with E-state index in [9.17, 15) is 15.0 Å². The molecule has 0 saturated heterocycles. The van der Waals surface area contributed by atoms with Crippen molar-refractivity contribution in [2.75, 3.05) is 6.73 Å². The molecule has 3 N–H and O–H groups in total. The number of H-pyrrole nitrogens is 1. The summed E-state index contributed by atoms with van der Waals surface area (Å²) in [6, 6.07) is 14.0. The van der Waals surface area contributed by atoms with Crippen LogP contribution in [0, 0.1) is 24.7 Å². The summed E-state index contributed by atoms with van der Waals surface area (Å²) in [6.07, 6.45) is 4.89. The number of aromatic nitrogens is 2. The Kier molecular flexibility index (Phi) is 9.09. The van der Waals surface area contributed by atoms with Crippen molar-refractivity contribution in [2.45, 2.75) is 40.0 Å². The number of carbonyl (C=O) groups is 1. The number of hydrogen-bond acceptors (Lipinski definition) is 5. The molecule has 0 saturated carbocycles. The van der Waals surface area contributed by atoms with Crippen LogP contribution in [0.1, 0.15) is 42.8 Å². The van der Waals surface area contributed by atoms with Gasteiger partial charge in [-0.2, -0.15) is 0 Å². The summed E-state index contributed by atoms with van der Waals surface area (Å²) in [4.78, 5) is 28.0. The fraction of sp³-hybridized carbons (Fsp3) is 0.357. The zero-order valence-electron chi connectivity index (χ0n) is 20.6. The Bertz CT molecular complexity index is 1230. The summed E-state index contributed by atoms with van der Waals surface area (Å²) in [7, 11) is 0. The molecule has 0 aliphatic heterocycles. The molecule has 0 amide bonds. The number of aliphatic hydroxyl groups excluding tert-OH is 1. The van der Waals surface area contributed by atoms with Crippen molar-refractivity contribution in [3.05, 3.63) is 77.3 Å². The minimum absolute atomic E-state index is 0.168. The van der Waals surface area contributed by atoms with E-state index in [0.717, 1.165) is 34.1 Å². The molecular formula is C28H34N4O3. The number of allylic oxidation sites excluding steroid dienone is 1. The van der Waals surface area contributed by atoms with Crippen LogP contribution in [-0.4, -0.2) is 45.3 Å². The number of carboxylic acids is 1. The number of imidazole rings is 1. The lowest BCUT2D eigenvalue weighted by Crippen LogP contribution is -2.24. The molecule has 2 unspecified atom stereocenters. The molecule has 0 aliphatic carbocycles. The normalized spacial score (nSPS) is 14.0. The Morgan fingerprint density at radius 1 is 1.20 bits per heavy atom. The van der Waals surface area contributed by atoms with E-state index in [1.54, 1.807) is 6.08 Å². The Labute approximate surface area is 206 Å². The summed E-state index contributed by atoms with van der Waals surface area (Å²) >= 11 is 0. The highest BCUT2D eigenvalue weighted by atomic mass is 16.4. The number of benzene rings is 2. The van der Waals surface area contributed by atoms with Crippen LogP contribution in [0.25, 0.3) is 11.0 Å². The third-order valence-corrected chi connectivity index (χ3v) is 6.30. The third kappa shape index (κ3) is 7.20. The number of aryl methyl sites for hydroxylation is 1. The second kappa shape index (κ2) is 12.2. The van der Waals surface area contributed by atoms with Crippen molar-refractivity contribution in [1.29, 1.82) is 0 Å². The average Bonchev–Trinajstić information content (AvgIpc) is 3.22. The van der Waals surface area contributed by atoms with Crippen molar-refractivity contribution < 1.29 is 15.0 Å². The van der Waals surface area contributed by atoms with Gasteiger partial charge in [-0.25, -0.2) is 4.98 Å². The van der Waals surface area contributed by atoms with Crippen LogP contribution in [0.2, 0.25) is 0 Å². The number of aliphatic imine (C=N–C) groups is 2. The number of hydrogen-bond donors (Lipinski definition) is 3. The molecule has 1 aromatic heterocycles. The smallest absolute Gasteiger partial charge is 0.306 e. The van der Waals surface area contributed by atoms with E-state index in [2.05, 4.69) is 40.5 Å². The summed E-state index contributed by atoms with van der Waals surface area (Å²) in [5.41, 5.74) is 5.50. The highest BCUT2D eigenvalue weighted by Gasteiger charge is 2.26. The van der Waals surface area contributed by atoms with Gasteiger partial charge >= 0.3 is 5.97 Å². The maximum Gasteiger partial charge on any atom is 0.306 e. The van der Waals surface area contributed by atoms with Gasteiger partial charge in [-0.3, -0.25) is 14.8 Å². The van der Waals surface area contributed by atoms with E-state index >= 15 is 0 Å². The zero-order valence-corrected chi connectivity index (χ0v) is 20.6. The number of fused-ring (bicyclic) bond motifs is 1. The van der Waals surface area contributed by atoms with E-state index in [1.807, 2.05) is 49.4 Å². The first kappa shape index (κ1) is 26.0. The van der Waals surface area contributed by atoms with E-state index in [-0.39, 0.29) is 12.6 Å². The molecule has 35 heavy (non-hydrogen) atoms. The molecule has 0 aliphatic rings. The molecule has 7 nitrogen and oxygen atoms in total. The average molecular weight is 475 g/mol. The minimum atomic E-state index is -0.805. The number of nitrogens with zero attached hydrogens (tertiary/aromatic N) is 3. The molecule has 3 aromatic rings. The molecule has 2 aromatic carbocycles. The van der Waals surface area contributed by atoms with Crippen molar-refractivity contribution in [1.82, 2.24) is 9.97 Å². The molecule has 3 rings (SSSR count). The number of aliphatic carboxylic acids is 1. The lowest BCUT2D eigenvalue weighted by atomic mass is 9.80. The van der Waals surface area contributed by atoms with Gasteiger partial charge in [0.15, 0.2) is 0 Å². The van der Waals surface area contributed by atoms with Crippen LogP contribution < -0.4 is 0 Å². The number of aromatic amines is 1. The Balaban J connectivity index is 1.79. The molecule has 0 fully saturated rings. The molecule has 0 spiro atoms. The monoisotopic (exact) mass is 474 g/mol. The van der Waals surface area contributed by atoms with Crippen molar-refractivity contribution >= 4 is 29.4 Å². The maximum atomic E-state index is 12.2. The number of rotatable bonds is 12. The van der Waals surface area contributed by atoms with Crippen LogP contribution >= 0.6 is 0 Å². The van der Waals surface area contributed by atoms with E-state index in [0.29, 0.717) is 30.3 Å². The van der Waals surface area contributed by atoms with Gasteiger partial charge in [0.2, 0.25) is 0 Å². The Hall–Kier alpha value is -3.58. The zero-order chi connectivity index (χ0) is 25.4. The van der Waals surface area contributed by atoms with Gasteiger partial charge in [0.25, 0.3) is 0 Å². The van der Waals surface area contributed by atoms with Gasteiger partial charge in [0.05, 0.1) is 22.7 Å². The molecule has 0 bridgehead atoms. The SMILES string of the molecule is C=N/C=C\C(=N/CO)c1cccc(CC(CC(Cc2nc3ccc(C)cc3[nH]2)C(=O)O)C(C)C)c1. The van der Waals surface area contributed by atoms with Gasteiger partial charge < -0.3 is 15.2 Å². The summed E-state index contributed by atoms with van der Waals surface area (Å²) in [5, 5.41) is 19.3. The number of aliphatic hydroxyl groups is 1. The van der Waals surface area contributed by atoms with Crippen molar-refractivity contribution in [3.63, 3.8) is 0 Å². The van der Waals surface area contributed by atoms with E-state index < -0.39 is 11.9 Å². The number of carboxylic acid groups (broad SMARTS) is 1. The third-order valence-electron chi connectivity index (χ3n) is 6.30. The van der Waals surface area contributed by atoms with Crippen LogP contribution in [0.3, 0.4) is 0 Å². The summed E-state index contributed by atoms with van der Waals surface area (Å²) in [6.45, 7) is 9.41. The Morgan fingerprint density at radius 3 is 2.69 bits per heavy atom. The van der Waals surface area contributed by atoms with E-state index in [4.69, 9.17) is 0 Å². The largest absolute Gasteiger partial charge is 0.481 e. The van der Waals surface area contributed by atoms with Gasteiger partial charge in [-0.05, 0) is 73.7 Å². The molecule has 184 valence electrons. The maximum absolute atomic E-state index is 12.2. The first-order valence-corrected chi connectivity index (χ1v) is 11.9. The standard InChI is InChI=1S/C28H34N4O3/c1-18(2)22(14-20-6-5-7-21(13-20)24(30-17-33)10-11-29-4)15-23(28(34)35)16-27-31-25-9-8-19(3)12-26(25)32-27/h5-13,18,22-23,33H,4,14-17H2,1-3H3,(H,31,32)(H,34,35)/b11-10-,30-24+. The van der Waals surface area contributed by atoms with Gasteiger partial charge in [-0.1, -0.05) is 38.1 Å². The minimum Gasteiger partial charge on any atom is -0.481 e. The molecule has 0 radical (unpaired) electrons. The first-order valence-electron chi connectivity index (χ1n) is 11.9. The quantitative estimate of drug-likeness (QED) is 0.322. The second-order valence-electron chi connectivity index (χ2n) is 9.27. The predicted octanol–water partition coefficient (Wildman–Crippen LogP) is 4.97. The second-order valence-corrected chi connectivity index (χ2v) is 9.27.